The summed E-state index contributed by atoms with van der Waals surface area (Å²) in [5.41, 5.74) is 6.50. The Labute approximate surface area is 100 Å². The Bertz CT molecular complexity index is 510. The van der Waals surface area contributed by atoms with Crippen LogP contribution in [0.2, 0.25) is 5.02 Å². The third-order valence-electron chi connectivity index (χ3n) is 2.58. The van der Waals surface area contributed by atoms with Gasteiger partial charge in [0.2, 0.25) is 10.0 Å². The fourth-order valence-electron chi connectivity index (χ4n) is 1.62. The van der Waals surface area contributed by atoms with Crippen molar-refractivity contribution in [3.8, 4) is 0 Å². The van der Waals surface area contributed by atoms with Gasteiger partial charge in [0, 0.05) is 19.1 Å². The molecule has 1 aromatic carbocycles. The average molecular weight is 261 g/mol. The van der Waals surface area contributed by atoms with Crippen LogP contribution in [0.25, 0.3) is 0 Å². The van der Waals surface area contributed by atoms with Gasteiger partial charge >= 0.3 is 0 Å². The summed E-state index contributed by atoms with van der Waals surface area (Å²) in [4.78, 5) is 0.159. The number of benzene rings is 1. The van der Waals surface area contributed by atoms with Crippen molar-refractivity contribution in [1.29, 1.82) is 0 Å². The van der Waals surface area contributed by atoms with Crippen LogP contribution in [-0.2, 0) is 10.0 Å². The summed E-state index contributed by atoms with van der Waals surface area (Å²) in [6.45, 7) is 2.60. The number of hydrogen-bond donors (Lipinski definition) is 1. The predicted octanol–water partition coefficient (Wildman–Crippen LogP) is 0.980. The summed E-state index contributed by atoms with van der Waals surface area (Å²) >= 11 is 5.94. The lowest BCUT2D eigenvalue weighted by Gasteiger charge is -2.35. The van der Waals surface area contributed by atoms with Crippen LogP contribution in [0.15, 0.2) is 23.1 Å². The summed E-state index contributed by atoms with van der Waals surface area (Å²) in [5, 5.41) is 0.264. The lowest BCUT2D eigenvalue weighted by Crippen LogP contribution is -2.57. The molecule has 1 aliphatic heterocycles. The number of sulfonamides is 1. The Balaban J connectivity index is 2.36. The van der Waals surface area contributed by atoms with Crippen LogP contribution < -0.4 is 5.73 Å². The van der Waals surface area contributed by atoms with Crippen molar-refractivity contribution in [1.82, 2.24) is 4.31 Å². The Morgan fingerprint density at radius 3 is 2.56 bits per heavy atom. The second-order valence-corrected chi connectivity index (χ2v) is 6.33. The molecule has 0 bridgehead atoms. The average Bonchev–Trinajstić information content (AvgIpc) is 2.12. The minimum atomic E-state index is -3.46. The largest absolute Gasteiger partial charge is 0.325 e. The monoisotopic (exact) mass is 260 g/mol. The first-order valence-electron chi connectivity index (χ1n) is 4.93. The van der Waals surface area contributed by atoms with Crippen molar-refractivity contribution in [3.05, 3.63) is 28.8 Å². The summed E-state index contributed by atoms with van der Waals surface area (Å²) in [5.74, 6) is 0. The van der Waals surface area contributed by atoms with Gasteiger partial charge in [-0.1, -0.05) is 17.7 Å². The zero-order chi connectivity index (χ0) is 11.9. The maximum atomic E-state index is 12.1. The van der Waals surface area contributed by atoms with E-state index in [1.165, 1.54) is 10.4 Å². The topological polar surface area (TPSA) is 63.4 Å². The lowest BCUT2D eigenvalue weighted by molar-refractivity contribution is 0.265. The maximum Gasteiger partial charge on any atom is 0.244 e. The molecule has 0 radical (unpaired) electrons. The summed E-state index contributed by atoms with van der Waals surface area (Å²) in [6.07, 6.45) is 0. The highest BCUT2D eigenvalue weighted by Crippen LogP contribution is 2.27. The number of aryl methyl sites for hydroxylation is 1. The number of rotatable bonds is 2. The van der Waals surface area contributed by atoms with E-state index in [1.807, 2.05) is 6.92 Å². The van der Waals surface area contributed by atoms with Gasteiger partial charge in [-0.05, 0) is 24.6 Å². The van der Waals surface area contributed by atoms with E-state index in [0.29, 0.717) is 13.1 Å². The molecule has 1 fully saturated rings. The molecule has 0 aromatic heterocycles. The van der Waals surface area contributed by atoms with Gasteiger partial charge in [-0.15, -0.1) is 0 Å². The zero-order valence-electron chi connectivity index (χ0n) is 8.85. The number of nitrogens with two attached hydrogens (primary N) is 1. The van der Waals surface area contributed by atoms with Crippen molar-refractivity contribution in [2.24, 2.45) is 5.73 Å². The van der Waals surface area contributed by atoms with E-state index in [-0.39, 0.29) is 16.0 Å². The molecule has 0 spiro atoms. The fourth-order valence-corrected chi connectivity index (χ4v) is 3.75. The molecule has 16 heavy (non-hydrogen) atoms. The Kier molecular flexibility index (Phi) is 2.96. The van der Waals surface area contributed by atoms with E-state index in [4.69, 9.17) is 17.3 Å². The number of halogens is 1. The standard InChI is InChI=1S/C10H13ClN2O2S/c1-7-2-3-10(9(11)4-7)16(14,15)13-5-8(12)6-13/h2-4,8H,5-6,12H2,1H3. The van der Waals surface area contributed by atoms with Crippen molar-refractivity contribution < 1.29 is 8.42 Å². The molecule has 0 atom stereocenters. The third kappa shape index (κ3) is 1.96. The Morgan fingerprint density at radius 2 is 2.06 bits per heavy atom. The van der Waals surface area contributed by atoms with Gasteiger partial charge in [-0.3, -0.25) is 0 Å². The lowest BCUT2D eigenvalue weighted by atomic mass is 10.2. The molecule has 0 unspecified atom stereocenters. The number of hydrogen-bond acceptors (Lipinski definition) is 3. The smallest absolute Gasteiger partial charge is 0.244 e. The first-order chi connectivity index (χ1) is 7.41. The van der Waals surface area contributed by atoms with Crippen LogP contribution in [0.3, 0.4) is 0 Å². The first kappa shape index (κ1) is 11.9. The van der Waals surface area contributed by atoms with Gasteiger partial charge in [0.15, 0.2) is 0 Å². The molecular formula is C10H13ClN2O2S. The predicted molar refractivity (Wildman–Crippen MR) is 62.9 cm³/mol. The van der Waals surface area contributed by atoms with Crippen molar-refractivity contribution in [2.75, 3.05) is 13.1 Å². The highest BCUT2D eigenvalue weighted by atomic mass is 35.5. The molecule has 2 rings (SSSR count). The molecule has 4 nitrogen and oxygen atoms in total. The molecule has 0 amide bonds. The van der Waals surface area contributed by atoms with Crippen LogP contribution in [0, 0.1) is 6.92 Å². The van der Waals surface area contributed by atoms with Gasteiger partial charge in [0.25, 0.3) is 0 Å². The molecule has 0 saturated carbocycles. The Morgan fingerprint density at radius 1 is 1.44 bits per heavy atom. The molecule has 1 aliphatic rings. The quantitative estimate of drug-likeness (QED) is 0.862. The minimum absolute atomic E-state index is 0.0565. The summed E-state index contributed by atoms with van der Waals surface area (Å²) < 4.78 is 25.5. The molecular weight excluding hydrogens is 248 g/mol. The fraction of sp³-hybridized carbons (Fsp3) is 0.400. The Hall–Kier alpha value is -0.620. The van der Waals surface area contributed by atoms with Crippen LogP contribution in [0.1, 0.15) is 5.56 Å². The van der Waals surface area contributed by atoms with Gasteiger partial charge < -0.3 is 5.73 Å². The van der Waals surface area contributed by atoms with E-state index in [2.05, 4.69) is 0 Å². The van der Waals surface area contributed by atoms with E-state index >= 15 is 0 Å². The highest BCUT2D eigenvalue weighted by Gasteiger charge is 2.35. The van der Waals surface area contributed by atoms with Crippen molar-refractivity contribution in [2.45, 2.75) is 17.9 Å². The van der Waals surface area contributed by atoms with Crippen LogP contribution in [0.5, 0.6) is 0 Å². The van der Waals surface area contributed by atoms with Gasteiger partial charge in [0.05, 0.1) is 5.02 Å². The minimum Gasteiger partial charge on any atom is -0.325 e. The molecule has 2 N–H and O–H groups in total. The highest BCUT2D eigenvalue weighted by molar-refractivity contribution is 7.89. The zero-order valence-corrected chi connectivity index (χ0v) is 10.4. The van der Waals surface area contributed by atoms with Crippen molar-refractivity contribution in [3.63, 3.8) is 0 Å². The van der Waals surface area contributed by atoms with Crippen molar-refractivity contribution >= 4 is 21.6 Å². The van der Waals surface area contributed by atoms with E-state index in [0.717, 1.165) is 5.56 Å². The third-order valence-corrected chi connectivity index (χ3v) is 4.90. The van der Waals surface area contributed by atoms with E-state index in [1.54, 1.807) is 12.1 Å². The van der Waals surface area contributed by atoms with Gasteiger partial charge in [-0.25, -0.2) is 8.42 Å². The molecule has 88 valence electrons. The normalized spacial score (nSPS) is 18.4. The van der Waals surface area contributed by atoms with Crippen LogP contribution in [0.4, 0.5) is 0 Å². The second kappa shape index (κ2) is 4.00. The second-order valence-electron chi connectivity index (χ2n) is 4.02. The molecule has 1 aromatic rings. The molecule has 0 aliphatic carbocycles. The van der Waals surface area contributed by atoms with Gasteiger partial charge in [-0.2, -0.15) is 4.31 Å². The van der Waals surface area contributed by atoms with E-state index in [9.17, 15) is 8.42 Å². The maximum absolute atomic E-state index is 12.1. The summed E-state index contributed by atoms with van der Waals surface area (Å²) in [7, 11) is -3.46. The molecule has 1 saturated heterocycles. The summed E-state index contributed by atoms with van der Waals surface area (Å²) in [6, 6.07) is 4.86. The number of nitrogens with zero attached hydrogens (tertiary/aromatic N) is 1. The van der Waals surface area contributed by atoms with Gasteiger partial charge in [0.1, 0.15) is 4.90 Å². The SMILES string of the molecule is Cc1ccc(S(=O)(=O)N2CC(N)C2)c(Cl)c1. The molecule has 6 heteroatoms. The first-order valence-corrected chi connectivity index (χ1v) is 6.75. The molecule has 1 heterocycles. The van der Waals surface area contributed by atoms with Crippen LogP contribution in [-0.4, -0.2) is 31.9 Å². The van der Waals surface area contributed by atoms with E-state index < -0.39 is 10.0 Å². The van der Waals surface area contributed by atoms with Crippen LogP contribution >= 0.6 is 11.6 Å².